The third-order valence-electron chi connectivity index (χ3n) is 7.97. The summed E-state index contributed by atoms with van der Waals surface area (Å²) in [5, 5.41) is 31.6. The van der Waals surface area contributed by atoms with Crippen LogP contribution in [0.15, 0.2) is 0 Å². The van der Waals surface area contributed by atoms with Crippen LogP contribution in [0.2, 0.25) is 0 Å². The van der Waals surface area contributed by atoms with Crippen molar-refractivity contribution in [2.75, 3.05) is 24.7 Å². The third-order valence-corrected chi connectivity index (χ3v) is 9.23. The smallest absolute Gasteiger partial charge is 0.306 e. The van der Waals surface area contributed by atoms with Crippen LogP contribution in [0.25, 0.3) is 0 Å². The van der Waals surface area contributed by atoms with Gasteiger partial charge in [0.1, 0.15) is 0 Å². The first-order valence-corrected chi connectivity index (χ1v) is 17.6. The predicted octanol–water partition coefficient (Wildman–Crippen LogP) is 6.62. The van der Waals surface area contributed by atoms with Crippen molar-refractivity contribution in [2.24, 2.45) is 23.5 Å². The molecule has 242 valence electrons. The fraction of sp³-hybridized carbons (Fsp3) is 0.906. The van der Waals surface area contributed by atoms with Gasteiger partial charge in [0.15, 0.2) is 0 Å². The van der Waals surface area contributed by atoms with Gasteiger partial charge in [0, 0.05) is 12.3 Å². The summed E-state index contributed by atoms with van der Waals surface area (Å²) in [6, 6.07) is -0.768. The number of carboxylic acids is 2. The minimum atomic E-state index is -0.861. The zero-order valence-electron chi connectivity index (χ0n) is 26.1. The normalized spacial score (nSPS) is 14.3. The Morgan fingerprint density at radius 3 is 1.66 bits per heavy atom. The minimum absolute atomic E-state index is 0.137. The van der Waals surface area contributed by atoms with Gasteiger partial charge in [-0.05, 0) is 30.9 Å². The molecular weight excluding hydrogens is 540 g/mol. The van der Waals surface area contributed by atoms with Crippen LogP contribution in [-0.2, 0) is 14.4 Å². The molecule has 0 saturated carbocycles. The van der Waals surface area contributed by atoms with Gasteiger partial charge < -0.3 is 26.4 Å². The molecule has 2 unspecified atom stereocenters. The van der Waals surface area contributed by atoms with Gasteiger partial charge in [0.2, 0.25) is 5.91 Å². The van der Waals surface area contributed by atoms with Crippen LogP contribution in [0.5, 0.6) is 0 Å². The van der Waals surface area contributed by atoms with E-state index < -0.39 is 29.8 Å². The first-order valence-electron chi connectivity index (χ1n) is 16.5. The van der Waals surface area contributed by atoms with E-state index in [0.29, 0.717) is 30.8 Å². The Balaban J connectivity index is 5.09. The monoisotopic (exact) mass is 602 g/mol. The summed E-state index contributed by atoms with van der Waals surface area (Å²) >= 11 is 1.42. The Morgan fingerprint density at radius 2 is 1.20 bits per heavy atom. The summed E-state index contributed by atoms with van der Waals surface area (Å²) in [6.45, 7) is 4.37. The number of hydrogen-bond acceptors (Lipinski definition) is 6. The molecule has 4 atom stereocenters. The van der Waals surface area contributed by atoms with E-state index in [2.05, 4.69) is 19.2 Å². The number of nitrogens with two attached hydrogens (primary N) is 1. The highest BCUT2D eigenvalue weighted by Gasteiger charge is 2.32. The van der Waals surface area contributed by atoms with Crippen LogP contribution in [-0.4, -0.2) is 63.9 Å². The lowest BCUT2D eigenvalue weighted by Gasteiger charge is -2.27. The van der Waals surface area contributed by atoms with Crippen molar-refractivity contribution < 1.29 is 29.7 Å². The first kappa shape index (κ1) is 39.7. The number of aliphatic hydroxyl groups is 1. The van der Waals surface area contributed by atoms with E-state index in [1.54, 1.807) is 0 Å². The average Bonchev–Trinajstić information content (AvgIpc) is 2.94. The lowest BCUT2D eigenvalue weighted by molar-refractivity contribution is -0.147. The molecule has 0 aliphatic heterocycles. The fourth-order valence-corrected chi connectivity index (χ4v) is 6.58. The number of unbranched alkanes of at least 4 members (excludes halogenated alkanes) is 14. The molecule has 0 aromatic carbocycles. The molecule has 6 N–H and O–H groups in total. The van der Waals surface area contributed by atoms with Gasteiger partial charge in [-0.15, -0.1) is 0 Å². The molecule has 0 aliphatic rings. The van der Waals surface area contributed by atoms with Gasteiger partial charge in [-0.3, -0.25) is 14.4 Å². The van der Waals surface area contributed by atoms with E-state index in [0.717, 1.165) is 38.5 Å². The lowest BCUT2D eigenvalue weighted by atomic mass is 9.81. The van der Waals surface area contributed by atoms with Crippen molar-refractivity contribution in [3.63, 3.8) is 0 Å². The number of amides is 1. The lowest BCUT2D eigenvalue weighted by Crippen LogP contribution is -2.43. The van der Waals surface area contributed by atoms with E-state index in [4.69, 9.17) is 10.8 Å². The molecule has 0 radical (unpaired) electrons. The van der Waals surface area contributed by atoms with Crippen molar-refractivity contribution in [2.45, 2.75) is 142 Å². The summed E-state index contributed by atoms with van der Waals surface area (Å²) in [4.78, 5) is 36.7. The molecule has 0 aromatic heterocycles. The second-order valence-corrected chi connectivity index (χ2v) is 12.7. The second-order valence-electron chi connectivity index (χ2n) is 11.7. The van der Waals surface area contributed by atoms with Crippen molar-refractivity contribution in [1.82, 2.24) is 5.32 Å². The number of hydrogen-bond donors (Lipinski definition) is 5. The number of carboxylic acid groups (broad SMARTS) is 2. The molecule has 41 heavy (non-hydrogen) atoms. The van der Waals surface area contributed by atoms with E-state index in [1.807, 2.05) is 0 Å². The van der Waals surface area contributed by atoms with E-state index >= 15 is 0 Å². The highest BCUT2D eigenvalue weighted by molar-refractivity contribution is 7.99. The maximum Gasteiger partial charge on any atom is 0.306 e. The van der Waals surface area contributed by atoms with E-state index in [9.17, 15) is 24.6 Å². The summed E-state index contributed by atoms with van der Waals surface area (Å²) in [5.74, 6) is -2.77. The zero-order valence-corrected chi connectivity index (χ0v) is 26.9. The minimum Gasteiger partial charge on any atom is -0.481 e. The number of nitrogens with one attached hydrogen (secondary N) is 1. The second kappa shape index (κ2) is 27.5. The Kier molecular flexibility index (Phi) is 26.6. The van der Waals surface area contributed by atoms with Gasteiger partial charge in [0.25, 0.3) is 0 Å². The Hall–Kier alpha value is -1.32. The third kappa shape index (κ3) is 22.0. The molecule has 0 spiro atoms. The number of aliphatic hydroxyl groups excluding tert-OH is 1. The van der Waals surface area contributed by atoms with Crippen LogP contribution in [0.4, 0.5) is 0 Å². The molecule has 9 heteroatoms. The molecule has 0 aliphatic carbocycles. The SMILES string of the molecule is CCCCCCCCCCC(CC(CSC[C@H](N)C(=O)NCCO)[C@@H](CCCCCCCCCC)C(=O)O)C(=O)O. The Bertz CT molecular complexity index is 666. The highest BCUT2D eigenvalue weighted by atomic mass is 32.2. The summed E-state index contributed by atoms with van der Waals surface area (Å²) < 4.78 is 0. The largest absolute Gasteiger partial charge is 0.481 e. The molecule has 0 saturated heterocycles. The van der Waals surface area contributed by atoms with Crippen molar-refractivity contribution in [3.8, 4) is 0 Å². The molecular formula is C32H62N2O6S. The number of rotatable bonds is 30. The van der Waals surface area contributed by atoms with Crippen molar-refractivity contribution in [3.05, 3.63) is 0 Å². The molecule has 1 amide bonds. The van der Waals surface area contributed by atoms with Gasteiger partial charge >= 0.3 is 11.9 Å². The zero-order chi connectivity index (χ0) is 30.7. The van der Waals surface area contributed by atoms with Crippen molar-refractivity contribution in [1.29, 1.82) is 0 Å². The molecule has 0 aromatic rings. The Labute approximate surface area is 254 Å². The number of aliphatic carboxylic acids is 2. The summed E-state index contributed by atoms with van der Waals surface area (Å²) in [6.07, 6.45) is 19.6. The van der Waals surface area contributed by atoms with Crippen LogP contribution >= 0.6 is 11.8 Å². The first-order chi connectivity index (χ1) is 19.8. The van der Waals surface area contributed by atoms with Crippen molar-refractivity contribution >= 4 is 29.6 Å². The van der Waals surface area contributed by atoms with E-state index in [1.165, 1.54) is 76.0 Å². The fourth-order valence-electron chi connectivity index (χ4n) is 5.37. The van der Waals surface area contributed by atoms with Crippen LogP contribution in [0.1, 0.15) is 136 Å². The topological polar surface area (TPSA) is 150 Å². The molecule has 0 fully saturated rings. The quantitative estimate of drug-likeness (QED) is 0.0575. The van der Waals surface area contributed by atoms with E-state index in [-0.39, 0.29) is 25.0 Å². The van der Waals surface area contributed by atoms with Crippen LogP contribution < -0.4 is 11.1 Å². The number of carbonyl (C=O) groups is 3. The predicted molar refractivity (Wildman–Crippen MR) is 170 cm³/mol. The van der Waals surface area contributed by atoms with Gasteiger partial charge in [-0.1, -0.05) is 117 Å². The Morgan fingerprint density at radius 1 is 0.707 bits per heavy atom. The standard InChI is InChI=1S/C32H62N2O6S/c1-3-5-7-9-11-13-15-17-19-26(31(37)38)23-27(24-41-25-29(33)30(36)34-21-22-35)28(32(39)40)20-18-16-14-12-10-8-6-4-2/h26-29,35H,3-25,33H2,1-2H3,(H,34,36)(H,37,38)(H,39,40)/t26?,27?,28-,29+/m1/s1. The average molecular weight is 603 g/mol. The molecule has 0 bridgehead atoms. The van der Waals surface area contributed by atoms with Crippen LogP contribution in [0.3, 0.4) is 0 Å². The number of carbonyl (C=O) groups excluding carboxylic acids is 1. The van der Waals surface area contributed by atoms with Crippen LogP contribution in [0, 0.1) is 17.8 Å². The van der Waals surface area contributed by atoms with Gasteiger partial charge in [-0.2, -0.15) is 11.8 Å². The number of thioether (sulfide) groups is 1. The maximum absolute atomic E-state index is 12.4. The molecule has 8 nitrogen and oxygen atoms in total. The van der Waals surface area contributed by atoms with Gasteiger partial charge in [-0.25, -0.2) is 0 Å². The highest BCUT2D eigenvalue weighted by Crippen LogP contribution is 2.32. The summed E-state index contributed by atoms with van der Waals surface area (Å²) in [5.41, 5.74) is 5.99. The van der Waals surface area contributed by atoms with Gasteiger partial charge in [0.05, 0.1) is 24.5 Å². The molecule has 0 heterocycles. The summed E-state index contributed by atoms with van der Waals surface area (Å²) in [7, 11) is 0. The molecule has 0 rings (SSSR count). The maximum atomic E-state index is 12.4.